The predicted octanol–water partition coefficient (Wildman–Crippen LogP) is 4.84. The fraction of sp³-hybridized carbons (Fsp3) is 0.333. The maximum absolute atomic E-state index is 12.4. The first-order valence-corrected chi connectivity index (χ1v) is 9.50. The lowest BCUT2D eigenvalue weighted by Crippen LogP contribution is -2.27. The first-order chi connectivity index (χ1) is 13.3. The Bertz CT molecular complexity index is 910. The predicted molar refractivity (Wildman–Crippen MR) is 115 cm³/mol. The van der Waals surface area contributed by atoms with Crippen LogP contribution < -0.4 is 5.32 Å². The third-order valence-corrected chi connectivity index (χ3v) is 4.57. The molecule has 2 aromatic rings. The summed E-state index contributed by atoms with van der Waals surface area (Å²) in [5, 5.41) is 22.9. The minimum atomic E-state index is -1.24. The van der Waals surface area contributed by atoms with Crippen molar-refractivity contribution in [3.63, 3.8) is 0 Å². The Morgan fingerprint density at radius 1 is 0.897 bits per heavy atom. The van der Waals surface area contributed by atoms with Crippen molar-refractivity contribution in [2.45, 2.75) is 52.4 Å². The number of carbonyl (C=O) groups is 2. The van der Waals surface area contributed by atoms with Crippen molar-refractivity contribution in [1.29, 1.82) is 0 Å². The molecule has 0 saturated carbocycles. The molecule has 3 N–H and O–H groups in total. The number of phenolic OH excluding ortho intramolecular Hbond substituents is 1. The van der Waals surface area contributed by atoms with E-state index in [1.807, 2.05) is 41.5 Å². The zero-order chi connectivity index (χ0) is 22.0. The first kappa shape index (κ1) is 22.2. The quantitative estimate of drug-likeness (QED) is 0.646. The minimum absolute atomic E-state index is 0.215. The van der Waals surface area contributed by atoms with E-state index in [4.69, 9.17) is 0 Å². The van der Waals surface area contributed by atoms with Gasteiger partial charge in [0.15, 0.2) is 0 Å². The second kappa shape index (κ2) is 8.11. The standard InChI is InChI=1S/C24H29NO4/c1-23(2,3)17-12-15(13-18(20(17)26)24(4,5)6)14-19(22(28)29)25-21(27)16-10-8-7-9-11-16/h7-14,26H,1-6H3,(H,25,27)(H,28,29)/b19-14+. The van der Waals surface area contributed by atoms with E-state index in [0.717, 1.165) is 11.1 Å². The van der Waals surface area contributed by atoms with Crippen LogP contribution in [-0.4, -0.2) is 22.1 Å². The van der Waals surface area contributed by atoms with Crippen LogP contribution in [0.5, 0.6) is 5.75 Å². The molecule has 0 fully saturated rings. The highest BCUT2D eigenvalue weighted by Gasteiger charge is 2.26. The van der Waals surface area contributed by atoms with Crippen LogP contribution in [0.3, 0.4) is 0 Å². The number of carboxylic acid groups (broad SMARTS) is 1. The zero-order valence-corrected chi connectivity index (χ0v) is 17.8. The van der Waals surface area contributed by atoms with Gasteiger partial charge in [0.05, 0.1) is 0 Å². The number of rotatable bonds is 4. The van der Waals surface area contributed by atoms with Gasteiger partial charge in [-0.05, 0) is 46.7 Å². The fourth-order valence-electron chi connectivity index (χ4n) is 2.99. The summed E-state index contributed by atoms with van der Waals surface area (Å²) in [7, 11) is 0. The molecule has 0 aliphatic carbocycles. The number of phenols is 1. The first-order valence-electron chi connectivity index (χ1n) is 9.50. The number of aromatic hydroxyl groups is 1. The molecular weight excluding hydrogens is 366 g/mol. The van der Waals surface area contributed by atoms with Gasteiger partial charge in [-0.15, -0.1) is 0 Å². The number of hydrogen-bond donors (Lipinski definition) is 3. The number of hydrogen-bond acceptors (Lipinski definition) is 3. The molecule has 0 atom stereocenters. The van der Waals surface area contributed by atoms with Gasteiger partial charge in [0.1, 0.15) is 11.4 Å². The molecule has 0 unspecified atom stereocenters. The molecule has 0 aromatic heterocycles. The molecule has 5 heteroatoms. The van der Waals surface area contributed by atoms with Crippen LogP contribution in [0.25, 0.3) is 6.08 Å². The number of carboxylic acids is 1. The van der Waals surface area contributed by atoms with Gasteiger partial charge in [0, 0.05) is 16.7 Å². The third-order valence-electron chi connectivity index (χ3n) is 4.57. The average Bonchev–Trinajstić information content (AvgIpc) is 2.61. The number of amides is 1. The molecule has 2 rings (SSSR count). The average molecular weight is 395 g/mol. The molecule has 154 valence electrons. The van der Waals surface area contributed by atoms with Gasteiger partial charge in [-0.25, -0.2) is 4.79 Å². The van der Waals surface area contributed by atoms with E-state index in [0.29, 0.717) is 11.1 Å². The van der Waals surface area contributed by atoms with Crippen LogP contribution in [-0.2, 0) is 15.6 Å². The highest BCUT2D eigenvalue weighted by atomic mass is 16.4. The van der Waals surface area contributed by atoms with Gasteiger partial charge in [-0.3, -0.25) is 4.79 Å². The van der Waals surface area contributed by atoms with Gasteiger partial charge >= 0.3 is 5.97 Å². The van der Waals surface area contributed by atoms with Crippen molar-refractivity contribution in [2.24, 2.45) is 0 Å². The van der Waals surface area contributed by atoms with Crippen LogP contribution in [0, 0.1) is 0 Å². The smallest absolute Gasteiger partial charge is 0.352 e. The Hall–Kier alpha value is -3.08. The maximum atomic E-state index is 12.4. The van der Waals surface area contributed by atoms with E-state index >= 15 is 0 Å². The number of nitrogens with one attached hydrogen (secondary N) is 1. The molecule has 0 heterocycles. The Morgan fingerprint density at radius 2 is 1.38 bits per heavy atom. The molecule has 0 aliphatic rings. The lowest BCUT2D eigenvalue weighted by atomic mass is 9.78. The van der Waals surface area contributed by atoms with E-state index in [1.165, 1.54) is 6.08 Å². The Kier molecular flexibility index (Phi) is 6.21. The largest absolute Gasteiger partial charge is 0.507 e. The molecule has 2 aromatic carbocycles. The van der Waals surface area contributed by atoms with E-state index in [1.54, 1.807) is 42.5 Å². The van der Waals surface area contributed by atoms with Crippen LogP contribution >= 0.6 is 0 Å². The maximum Gasteiger partial charge on any atom is 0.352 e. The summed E-state index contributed by atoms with van der Waals surface area (Å²) in [6, 6.07) is 12.0. The second-order valence-corrected chi connectivity index (χ2v) is 9.15. The van der Waals surface area contributed by atoms with Gasteiger partial charge in [0.25, 0.3) is 5.91 Å². The molecule has 29 heavy (non-hydrogen) atoms. The van der Waals surface area contributed by atoms with Crippen LogP contribution in [0.2, 0.25) is 0 Å². The lowest BCUT2D eigenvalue weighted by molar-refractivity contribution is -0.132. The Labute approximate surface area is 172 Å². The summed E-state index contributed by atoms with van der Waals surface area (Å²) in [5.41, 5.74) is 1.49. The monoisotopic (exact) mass is 395 g/mol. The van der Waals surface area contributed by atoms with Crippen molar-refractivity contribution in [2.75, 3.05) is 0 Å². The Morgan fingerprint density at radius 3 is 1.79 bits per heavy atom. The Balaban J connectivity index is 2.56. The number of benzene rings is 2. The van der Waals surface area contributed by atoms with E-state index in [-0.39, 0.29) is 22.3 Å². The summed E-state index contributed by atoms with van der Waals surface area (Å²) in [4.78, 5) is 24.2. The van der Waals surface area contributed by atoms with Crippen LogP contribution in [0.1, 0.15) is 68.6 Å². The summed E-state index contributed by atoms with van der Waals surface area (Å²) < 4.78 is 0. The van der Waals surface area contributed by atoms with Crippen LogP contribution in [0.4, 0.5) is 0 Å². The van der Waals surface area contributed by atoms with Crippen molar-refractivity contribution in [3.05, 3.63) is 70.4 Å². The normalized spacial score (nSPS) is 12.6. The summed E-state index contributed by atoms with van der Waals surface area (Å²) in [6.45, 7) is 11.9. The topological polar surface area (TPSA) is 86.6 Å². The SMILES string of the molecule is CC(C)(C)c1cc(/C=C(/NC(=O)c2ccccc2)C(=O)O)cc(C(C)(C)C)c1O. The van der Waals surface area contributed by atoms with Crippen molar-refractivity contribution < 1.29 is 19.8 Å². The third kappa shape index (κ3) is 5.47. The fourth-order valence-corrected chi connectivity index (χ4v) is 2.99. The summed E-state index contributed by atoms with van der Waals surface area (Å²) in [5.74, 6) is -1.52. The summed E-state index contributed by atoms with van der Waals surface area (Å²) in [6.07, 6.45) is 1.42. The lowest BCUT2D eigenvalue weighted by Gasteiger charge is -2.28. The van der Waals surface area contributed by atoms with E-state index < -0.39 is 11.9 Å². The molecule has 1 amide bonds. The summed E-state index contributed by atoms with van der Waals surface area (Å²) >= 11 is 0. The zero-order valence-electron chi connectivity index (χ0n) is 17.8. The molecule has 5 nitrogen and oxygen atoms in total. The van der Waals surface area contributed by atoms with Crippen molar-refractivity contribution >= 4 is 18.0 Å². The number of aliphatic carboxylic acids is 1. The highest BCUT2D eigenvalue weighted by molar-refractivity contribution is 6.02. The van der Waals surface area contributed by atoms with Crippen molar-refractivity contribution in [3.8, 4) is 5.75 Å². The van der Waals surface area contributed by atoms with Crippen LogP contribution in [0.15, 0.2) is 48.2 Å². The highest BCUT2D eigenvalue weighted by Crippen LogP contribution is 2.40. The molecular formula is C24H29NO4. The second-order valence-electron chi connectivity index (χ2n) is 9.15. The number of carbonyl (C=O) groups excluding carboxylic acids is 1. The molecule has 0 saturated heterocycles. The minimum Gasteiger partial charge on any atom is -0.507 e. The molecule has 0 bridgehead atoms. The van der Waals surface area contributed by atoms with E-state index in [2.05, 4.69) is 5.32 Å². The molecule has 0 radical (unpaired) electrons. The molecule has 0 aliphatic heterocycles. The van der Waals surface area contributed by atoms with Gasteiger partial charge in [-0.2, -0.15) is 0 Å². The van der Waals surface area contributed by atoms with Gasteiger partial charge in [0.2, 0.25) is 0 Å². The van der Waals surface area contributed by atoms with E-state index in [9.17, 15) is 19.8 Å². The molecule has 0 spiro atoms. The van der Waals surface area contributed by atoms with Gasteiger partial charge in [-0.1, -0.05) is 59.7 Å². The van der Waals surface area contributed by atoms with Gasteiger partial charge < -0.3 is 15.5 Å². The van der Waals surface area contributed by atoms with Crippen molar-refractivity contribution in [1.82, 2.24) is 5.32 Å².